The maximum absolute atomic E-state index is 9.10. The van der Waals surface area contributed by atoms with Crippen LogP contribution < -0.4 is 34.6 Å². The van der Waals surface area contributed by atoms with E-state index in [0.717, 1.165) is 0 Å². The van der Waals surface area contributed by atoms with Gasteiger partial charge in [0.25, 0.3) is 0 Å². The molecule has 0 saturated heterocycles. The van der Waals surface area contributed by atoms with Crippen LogP contribution in [0.2, 0.25) is 0 Å². The van der Waals surface area contributed by atoms with Crippen molar-refractivity contribution < 1.29 is 39.2 Å². The summed E-state index contributed by atoms with van der Waals surface area (Å²) in [5.74, 6) is 0. The van der Waals surface area contributed by atoms with Crippen molar-refractivity contribution in [2.24, 2.45) is 0 Å². The molecule has 0 amide bonds. The van der Waals surface area contributed by atoms with Gasteiger partial charge in [-0.15, -0.1) is 0 Å². The van der Waals surface area contributed by atoms with Crippen molar-refractivity contribution in [2.45, 2.75) is 0 Å². The van der Waals surface area contributed by atoms with Crippen LogP contribution >= 0.6 is 7.60 Å². The van der Waals surface area contributed by atoms with Crippen LogP contribution in [0.1, 0.15) is 0 Å². The number of rotatable bonds is 0. The molecule has 0 spiro atoms. The van der Waals surface area contributed by atoms with Crippen LogP contribution in [0.4, 0.5) is 0 Å². The van der Waals surface area contributed by atoms with Gasteiger partial charge in [0.1, 0.15) is 0 Å². The molecule has 0 aliphatic carbocycles. The van der Waals surface area contributed by atoms with Gasteiger partial charge in [-0.25, -0.2) is 0 Å². The van der Waals surface area contributed by atoms with Crippen molar-refractivity contribution in [3.63, 3.8) is 0 Å². The van der Waals surface area contributed by atoms with Crippen LogP contribution in [-0.2, 0) is 4.57 Å². The second-order valence-electron chi connectivity index (χ2n) is 0.771. The number of hydrogen-bond donors (Lipinski definition) is 0. The van der Waals surface area contributed by atoms with Gasteiger partial charge < -0.3 is 39.2 Å². The SMILES string of the molecule is CP(=O)([O-])[O-].[Cl-].[Cl-].[Mg+2].[Mg+2]. The van der Waals surface area contributed by atoms with E-state index < -0.39 is 7.60 Å². The molecule has 0 heterocycles. The Hall–Kier alpha value is 2.26. The topological polar surface area (TPSA) is 63.2 Å². The Labute approximate surface area is 98.6 Å². The van der Waals surface area contributed by atoms with Crippen LogP contribution in [0.25, 0.3) is 0 Å². The average molecular weight is 214 g/mol. The summed E-state index contributed by atoms with van der Waals surface area (Å²) in [7, 11) is -4.14. The van der Waals surface area contributed by atoms with E-state index in [1.165, 1.54) is 0 Å². The monoisotopic (exact) mass is 212 g/mol. The van der Waals surface area contributed by atoms with Gasteiger partial charge >= 0.3 is 46.1 Å². The van der Waals surface area contributed by atoms with Crippen LogP contribution in [0.5, 0.6) is 0 Å². The molecule has 48 valence electrons. The third-order valence-corrected chi connectivity index (χ3v) is 0. The summed E-state index contributed by atoms with van der Waals surface area (Å²) in [6, 6.07) is 0. The maximum atomic E-state index is 9.10. The molecule has 0 unspecified atom stereocenters. The van der Waals surface area contributed by atoms with Crippen molar-refractivity contribution in [3.05, 3.63) is 0 Å². The van der Waals surface area contributed by atoms with Crippen LogP contribution in [-0.4, -0.2) is 52.8 Å². The fourth-order valence-corrected chi connectivity index (χ4v) is 0. The summed E-state index contributed by atoms with van der Waals surface area (Å²) in [5.41, 5.74) is 0. The molecule has 0 aliphatic heterocycles. The van der Waals surface area contributed by atoms with Crippen molar-refractivity contribution in [1.82, 2.24) is 0 Å². The summed E-state index contributed by atoms with van der Waals surface area (Å²) in [5, 5.41) is 0. The predicted molar refractivity (Wildman–Crippen MR) is 25.0 cm³/mol. The zero-order valence-electron chi connectivity index (χ0n) is 4.84. The van der Waals surface area contributed by atoms with Gasteiger partial charge in [-0.3, -0.25) is 0 Å². The molecule has 0 aromatic rings. The molecule has 0 saturated carbocycles. The summed E-state index contributed by atoms with van der Waals surface area (Å²) < 4.78 is 9.10. The molecule has 0 bridgehead atoms. The minimum Gasteiger partial charge on any atom is -1.00 e. The van der Waals surface area contributed by atoms with E-state index in [1.54, 1.807) is 0 Å². The molecule has 0 aromatic heterocycles. The van der Waals surface area contributed by atoms with Gasteiger partial charge in [0.2, 0.25) is 0 Å². The van der Waals surface area contributed by atoms with E-state index in [2.05, 4.69) is 0 Å². The Morgan fingerprint density at radius 1 is 1.11 bits per heavy atom. The Bertz CT molecular complexity index is 65.9. The Morgan fingerprint density at radius 2 is 1.11 bits per heavy atom. The van der Waals surface area contributed by atoms with Crippen LogP contribution in [0.15, 0.2) is 0 Å². The summed E-state index contributed by atoms with van der Waals surface area (Å²) in [6.07, 6.45) is 0. The van der Waals surface area contributed by atoms with E-state index in [0.29, 0.717) is 6.66 Å². The third kappa shape index (κ3) is 137. The summed E-state index contributed by atoms with van der Waals surface area (Å²) in [4.78, 5) is 18.2. The van der Waals surface area contributed by atoms with Gasteiger partial charge in [-0.1, -0.05) is 7.60 Å². The molecule has 0 N–H and O–H groups in total. The average Bonchev–Trinajstić information content (AvgIpc) is 0.722. The molecule has 0 aliphatic rings. The van der Waals surface area contributed by atoms with E-state index in [-0.39, 0.29) is 70.9 Å². The van der Waals surface area contributed by atoms with Gasteiger partial charge in [-0.05, 0) is 6.66 Å². The van der Waals surface area contributed by atoms with Gasteiger partial charge in [-0.2, -0.15) is 0 Å². The molecular formula is CH3Cl2Mg2O3P. The maximum Gasteiger partial charge on any atom is 2.00 e. The van der Waals surface area contributed by atoms with E-state index in [9.17, 15) is 0 Å². The Balaban J connectivity index is -0.0000000133. The van der Waals surface area contributed by atoms with Gasteiger partial charge in [0.05, 0.1) is 0 Å². The third-order valence-electron chi connectivity index (χ3n) is 0. The zero-order chi connectivity index (χ0) is 4.50. The summed E-state index contributed by atoms with van der Waals surface area (Å²) in [6.45, 7) is 0.632. The minimum absolute atomic E-state index is 0. The first kappa shape index (κ1) is 30.2. The molecule has 0 radical (unpaired) electrons. The van der Waals surface area contributed by atoms with E-state index in [4.69, 9.17) is 14.4 Å². The first-order chi connectivity index (χ1) is 2.00. The normalized spacial score (nSPS) is 6.56. The van der Waals surface area contributed by atoms with Crippen molar-refractivity contribution in [1.29, 1.82) is 0 Å². The standard InChI is InChI=1S/CH5O3P.2ClH.2Mg/c1-5(2,3)4;;;;/h1H3,(H2,2,3,4);2*1H;;/q;;;2*+2/p-4. The molecule has 0 aromatic carbocycles. The number of halogens is 2. The number of hydrogen-bond acceptors (Lipinski definition) is 3. The second-order valence-corrected chi connectivity index (χ2v) is 2.31. The van der Waals surface area contributed by atoms with Crippen LogP contribution in [0.3, 0.4) is 0 Å². The molecule has 3 nitrogen and oxygen atoms in total. The molecule has 8 heteroatoms. The molecule has 0 atom stereocenters. The Kier molecular flexibility index (Phi) is 43.3. The fraction of sp³-hybridized carbons (Fsp3) is 1.00. The van der Waals surface area contributed by atoms with E-state index >= 15 is 0 Å². The zero-order valence-corrected chi connectivity index (χ0v) is 10.1. The quantitative estimate of drug-likeness (QED) is 0.297. The predicted octanol–water partition coefficient (Wildman–Crippen LogP) is -8.22. The first-order valence-corrected chi connectivity index (χ1v) is 2.98. The van der Waals surface area contributed by atoms with Gasteiger partial charge in [0.15, 0.2) is 0 Å². The van der Waals surface area contributed by atoms with Crippen LogP contribution in [0, 0.1) is 0 Å². The van der Waals surface area contributed by atoms with Crippen molar-refractivity contribution >= 4 is 53.7 Å². The van der Waals surface area contributed by atoms with E-state index in [1.807, 2.05) is 0 Å². The smallest absolute Gasteiger partial charge is 1.00 e. The van der Waals surface area contributed by atoms with Crippen molar-refractivity contribution in [3.8, 4) is 0 Å². The van der Waals surface area contributed by atoms with Gasteiger partial charge in [0, 0.05) is 0 Å². The summed E-state index contributed by atoms with van der Waals surface area (Å²) >= 11 is 0. The molecule has 0 fully saturated rings. The molecule has 0 rings (SSSR count). The second kappa shape index (κ2) is 12.9. The minimum atomic E-state index is -4.14. The first-order valence-electron chi connectivity index (χ1n) is 0.995. The fourth-order valence-electron chi connectivity index (χ4n) is 0. The Morgan fingerprint density at radius 3 is 1.11 bits per heavy atom. The van der Waals surface area contributed by atoms with Crippen molar-refractivity contribution in [2.75, 3.05) is 6.66 Å². The largest absolute Gasteiger partial charge is 2.00 e. The molecular weight excluding hydrogens is 210 g/mol. The molecule has 9 heavy (non-hydrogen) atoms.